The van der Waals surface area contributed by atoms with E-state index in [1.807, 2.05) is 18.2 Å². The number of imide groups is 1. The highest BCUT2D eigenvalue weighted by atomic mass is 16.7. The number of carbonyl (C=O) groups is 2. The number of hydrogen-bond acceptors (Lipinski definition) is 7. The summed E-state index contributed by atoms with van der Waals surface area (Å²) in [5.41, 5.74) is -0.457. The minimum atomic E-state index is -1.13. The van der Waals surface area contributed by atoms with Crippen molar-refractivity contribution in [2.24, 2.45) is 0 Å². The third-order valence-corrected chi connectivity index (χ3v) is 5.91. The van der Waals surface area contributed by atoms with Crippen molar-refractivity contribution in [2.75, 3.05) is 44.5 Å². The molecule has 4 heterocycles. The quantitative estimate of drug-likeness (QED) is 0.763. The second-order valence-corrected chi connectivity index (χ2v) is 7.79. The summed E-state index contributed by atoms with van der Waals surface area (Å²) in [6.45, 7) is 5.22. The maximum absolute atomic E-state index is 13.2. The second kappa shape index (κ2) is 7.17. The van der Waals surface area contributed by atoms with E-state index in [9.17, 15) is 9.59 Å². The maximum Gasteiger partial charge on any atom is 0.326 e. The first-order chi connectivity index (χ1) is 14.5. The largest absolute Gasteiger partial charge is 0.454 e. The van der Waals surface area contributed by atoms with Crippen molar-refractivity contribution < 1.29 is 19.1 Å². The fraction of sp³-hybridized carbons (Fsp3) is 0.381. The van der Waals surface area contributed by atoms with Gasteiger partial charge in [0.05, 0.1) is 6.67 Å². The van der Waals surface area contributed by atoms with Crippen molar-refractivity contribution in [3.8, 4) is 11.5 Å². The molecule has 9 nitrogen and oxygen atoms in total. The van der Waals surface area contributed by atoms with Crippen molar-refractivity contribution in [1.82, 2.24) is 20.1 Å². The Balaban J connectivity index is 1.26. The van der Waals surface area contributed by atoms with Crippen LogP contribution in [0.25, 0.3) is 0 Å². The van der Waals surface area contributed by atoms with E-state index >= 15 is 0 Å². The van der Waals surface area contributed by atoms with Crippen molar-refractivity contribution in [3.05, 3.63) is 48.2 Å². The number of piperazine rings is 1. The minimum Gasteiger partial charge on any atom is -0.454 e. The van der Waals surface area contributed by atoms with Crippen LogP contribution in [0.2, 0.25) is 0 Å². The molecule has 1 aromatic heterocycles. The SMILES string of the molecule is CC1(c2ccc3c(c2)OCO3)NC(=O)N(CN2CCN(c3ccccn3)CC2)C1=O. The van der Waals surface area contributed by atoms with Gasteiger partial charge < -0.3 is 19.7 Å². The monoisotopic (exact) mass is 409 g/mol. The molecule has 3 amide bonds. The molecule has 1 atom stereocenters. The first-order valence-electron chi connectivity index (χ1n) is 9.97. The molecule has 0 radical (unpaired) electrons. The Morgan fingerprint density at radius 1 is 1.07 bits per heavy atom. The summed E-state index contributed by atoms with van der Waals surface area (Å²) in [6, 6.07) is 10.8. The van der Waals surface area contributed by atoms with E-state index < -0.39 is 5.54 Å². The lowest BCUT2D eigenvalue weighted by Crippen LogP contribution is -2.51. The van der Waals surface area contributed by atoms with Crippen molar-refractivity contribution in [3.63, 3.8) is 0 Å². The van der Waals surface area contributed by atoms with Gasteiger partial charge in [0.1, 0.15) is 11.4 Å². The first kappa shape index (κ1) is 18.7. The van der Waals surface area contributed by atoms with Crippen LogP contribution in [0.5, 0.6) is 11.5 Å². The maximum atomic E-state index is 13.2. The van der Waals surface area contributed by atoms with Gasteiger partial charge in [-0.25, -0.2) is 14.7 Å². The van der Waals surface area contributed by atoms with Crippen LogP contribution < -0.4 is 19.7 Å². The van der Waals surface area contributed by atoms with E-state index in [0.717, 1.165) is 32.0 Å². The summed E-state index contributed by atoms with van der Waals surface area (Å²) in [5.74, 6) is 1.91. The average Bonchev–Trinajstić information content (AvgIpc) is 3.33. The van der Waals surface area contributed by atoms with Crippen LogP contribution in [0.4, 0.5) is 10.6 Å². The van der Waals surface area contributed by atoms with Gasteiger partial charge in [-0.15, -0.1) is 0 Å². The number of nitrogens with zero attached hydrogens (tertiary/aromatic N) is 4. The number of carbonyl (C=O) groups excluding carboxylic acids is 2. The molecule has 1 aromatic carbocycles. The fourth-order valence-electron chi connectivity index (χ4n) is 4.09. The standard InChI is InChI=1S/C21H23N5O4/c1-21(15-5-6-16-17(12-15)30-14-29-16)19(27)26(20(28)23-21)13-24-8-10-25(11-9-24)18-4-2-3-7-22-18/h2-7,12H,8-11,13-14H2,1H3,(H,23,28). The molecule has 5 rings (SSSR count). The zero-order chi connectivity index (χ0) is 20.7. The van der Waals surface area contributed by atoms with Crippen molar-refractivity contribution in [2.45, 2.75) is 12.5 Å². The van der Waals surface area contributed by atoms with Crippen LogP contribution in [0.15, 0.2) is 42.6 Å². The lowest BCUT2D eigenvalue weighted by molar-refractivity contribution is -0.132. The van der Waals surface area contributed by atoms with Crippen LogP contribution in [0, 0.1) is 0 Å². The van der Waals surface area contributed by atoms with Crippen molar-refractivity contribution >= 4 is 17.8 Å². The number of anilines is 1. The van der Waals surface area contributed by atoms with Gasteiger partial charge in [0, 0.05) is 32.4 Å². The zero-order valence-corrected chi connectivity index (χ0v) is 16.7. The predicted molar refractivity (Wildman–Crippen MR) is 108 cm³/mol. The molecule has 0 spiro atoms. The predicted octanol–water partition coefficient (Wildman–Crippen LogP) is 1.36. The summed E-state index contributed by atoms with van der Waals surface area (Å²) in [5, 5.41) is 2.86. The number of aromatic nitrogens is 1. The molecule has 156 valence electrons. The Labute approximate surface area is 174 Å². The molecule has 0 saturated carbocycles. The van der Waals surface area contributed by atoms with Gasteiger partial charge in [-0.1, -0.05) is 12.1 Å². The lowest BCUT2D eigenvalue weighted by Gasteiger charge is -2.36. The third-order valence-electron chi connectivity index (χ3n) is 5.91. The number of benzene rings is 1. The van der Waals surface area contributed by atoms with Gasteiger partial charge in [-0.05, 0) is 36.8 Å². The number of amides is 3. The highest BCUT2D eigenvalue weighted by molar-refractivity contribution is 6.07. The summed E-state index contributed by atoms with van der Waals surface area (Å²) in [7, 11) is 0. The van der Waals surface area contributed by atoms with Gasteiger partial charge >= 0.3 is 6.03 Å². The molecule has 2 aromatic rings. The molecule has 3 aliphatic rings. The van der Waals surface area contributed by atoms with Crippen LogP contribution >= 0.6 is 0 Å². The molecule has 30 heavy (non-hydrogen) atoms. The number of urea groups is 1. The molecule has 0 aliphatic carbocycles. The topological polar surface area (TPSA) is 87.2 Å². The Bertz CT molecular complexity index is 977. The minimum absolute atomic E-state index is 0.159. The molecular weight excluding hydrogens is 386 g/mol. The van der Waals surface area contributed by atoms with Crippen LogP contribution in [-0.2, 0) is 10.3 Å². The van der Waals surface area contributed by atoms with Crippen LogP contribution in [0.3, 0.4) is 0 Å². The molecule has 0 bridgehead atoms. The number of pyridine rings is 1. The summed E-state index contributed by atoms with van der Waals surface area (Å²) in [6.07, 6.45) is 1.78. The van der Waals surface area contributed by atoms with E-state index in [2.05, 4.69) is 20.1 Å². The molecule has 3 aliphatic heterocycles. The Morgan fingerprint density at radius 2 is 1.87 bits per heavy atom. The van der Waals surface area contributed by atoms with Crippen LogP contribution in [0.1, 0.15) is 12.5 Å². The number of hydrogen-bond donors (Lipinski definition) is 1. The van der Waals surface area contributed by atoms with E-state index in [1.165, 1.54) is 4.90 Å². The van der Waals surface area contributed by atoms with E-state index in [-0.39, 0.29) is 25.4 Å². The fourth-order valence-corrected chi connectivity index (χ4v) is 4.09. The Morgan fingerprint density at radius 3 is 2.63 bits per heavy atom. The number of nitrogens with one attached hydrogen (secondary N) is 1. The summed E-state index contributed by atoms with van der Waals surface area (Å²) >= 11 is 0. The normalized spacial score (nSPS) is 23.8. The lowest BCUT2D eigenvalue weighted by atomic mass is 9.92. The van der Waals surface area contributed by atoms with Gasteiger partial charge in [0.15, 0.2) is 11.5 Å². The van der Waals surface area contributed by atoms with Gasteiger partial charge in [0.25, 0.3) is 5.91 Å². The average molecular weight is 409 g/mol. The summed E-state index contributed by atoms with van der Waals surface area (Å²) < 4.78 is 10.8. The first-order valence-corrected chi connectivity index (χ1v) is 9.97. The third kappa shape index (κ3) is 3.11. The van der Waals surface area contributed by atoms with Gasteiger partial charge in [-0.2, -0.15) is 0 Å². The molecular formula is C21H23N5O4. The van der Waals surface area contributed by atoms with E-state index in [0.29, 0.717) is 17.1 Å². The molecule has 1 N–H and O–H groups in total. The second-order valence-electron chi connectivity index (χ2n) is 7.79. The Kier molecular flexibility index (Phi) is 4.47. The van der Waals surface area contributed by atoms with E-state index in [4.69, 9.17) is 9.47 Å². The zero-order valence-electron chi connectivity index (χ0n) is 16.7. The van der Waals surface area contributed by atoms with Gasteiger partial charge in [-0.3, -0.25) is 9.69 Å². The van der Waals surface area contributed by atoms with Gasteiger partial charge in [0.2, 0.25) is 6.79 Å². The Hall–Kier alpha value is -3.33. The molecule has 9 heteroatoms. The van der Waals surface area contributed by atoms with E-state index in [1.54, 1.807) is 31.3 Å². The molecule has 2 saturated heterocycles. The highest BCUT2D eigenvalue weighted by Crippen LogP contribution is 2.37. The number of ether oxygens (including phenoxy) is 2. The summed E-state index contributed by atoms with van der Waals surface area (Å²) in [4.78, 5) is 35.9. The number of fused-ring (bicyclic) bond motifs is 1. The molecule has 1 unspecified atom stereocenters. The molecule has 2 fully saturated rings. The smallest absolute Gasteiger partial charge is 0.326 e. The van der Waals surface area contributed by atoms with Crippen LogP contribution in [-0.4, -0.2) is 66.4 Å². The highest BCUT2D eigenvalue weighted by Gasteiger charge is 2.49. The number of rotatable bonds is 4. The van der Waals surface area contributed by atoms with Crippen molar-refractivity contribution in [1.29, 1.82) is 0 Å².